The Kier molecular flexibility index (Phi) is 7.65. The van der Waals surface area contributed by atoms with E-state index in [0.29, 0.717) is 10.6 Å². The van der Waals surface area contributed by atoms with Gasteiger partial charge in [0.05, 0.1) is 17.5 Å². The number of fused-ring (bicyclic) bond motifs is 1. The molecule has 0 spiro atoms. The zero-order chi connectivity index (χ0) is 26.6. The van der Waals surface area contributed by atoms with E-state index < -0.39 is 30.0 Å². The highest BCUT2D eigenvalue weighted by atomic mass is 19.4. The molecule has 0 saturated carbocycles. The number of nitrogens with zero attached hydrogens (tertiary/aromatic N) is 2. The standard InChI is InChI=1S/C26H26F3N3O5/c1-17-14-18(21-4-2-3-5-22(21)30-17)16-37-20-8-6-19(7-9-20)32(24(34)26(27,28)29)25(15-23(33)31-35)10-12-36-13-11-25/h2-9,14,35H,10-13,15-16H2,1H3,(H,31,33). The Bertz CT molecular complexity index is 1270. The predicted octanol–water partition coefficient (Wildman–Crippen LogP) is 4.46. The Morgan fingerprint density at radius 2 is 1.81 bits per heavy atom. The van der Waals surface area contributed by atoms with Crippen LogP contribution in [0.4, 0.5) is 18.9 Å². The minimum atomic E-state index is -5.18. The summed E-state index contributed by atoms with van der Waals surface area (Å²) in [5.41, 5.74) is 2.42. The molecule has 2 N–H and O–H groups in total. The molecule has 0 unspecified atom stereocenters. The summed E-state index contributed by atoms with van der Waals surface area (Å²) < 4.78 is 52.2. The van der Waals surface area contributed by atoms with Gasteiger partial charge in [0.2, 0.25) is 5.91 Å². The maximum Gasteiger partial charge on any atom is 0.471 e. The predicted molar refractivity (Wildman–Crippen MR) is 128 cm³/mol. The molecule has 0 radical (unpaired) electrons. The largest absolute Gasteiger partial charge is 0.489 e. The van der Waals surface area contributed by atoms with Crippen molar-refractivity contribution in [3.05, 3.63) is 65.9 Å². The number of hydroxylamine groups is 1. The van der Waals surface area contributed by atoms with E-state index in [1.807, 2.05) is 37.3 Å². The number of hydrogen-bond donors (Lipinski definition) is 2. The van der Waals surface area contributed by atoms with Crippen molar-refractivity contribution < 1.29 is 37.4 Å². The molecule has 8 nitrogen and oxygen atoms in total. The van der Waals surface area contributed by atoms with E-state index in [1.165, 1.54) is 29.7 Å². The van der Waals surface area contributed by atoms with Crippen LogP contribution < -0.4 is 15.1 Å². The Morgan fingerprint density at radius 1 is 1.14 bits per heavy atom. The van der Waals surface area contributed by atoms with Gasteiger partial charge in [0.1, 0.15) is 12.4 Å². The molecule has 2 heterocycles. The van der Waals surface area contributed by atoms with Crippen LogP contribution in [-0.4, -0.2) is 46.9 Å². The topological polar surface area (TPSA) is 101 Å². The third kappa shape index (κ3) is 5.83. The van der Waals surface area contributed by atoms with Crippen LogP contribution in [0.25, 0.3) is 10.9 Å². The van der Waals surface area contributed by atoms with Gasteiger partial charge in [-0.1, -0.05) is 18.2 Å². The molecule has 196 valence electrons. The number of para-hydroxylation sites is 1. The van der Waals surface area contributed by atoms with Crippen LogP contribution in [0.15, 0.2) is 54.6 Å². The Balaban J connectivity index is 1.63. The first-order chi connectivity index (χ1) is 17.6. The van der Waals surface area contributed by atoms with Crippen LogP contribution in [-0.2, 0) is 20.9 Å². The quantitative estimate of drug-likeness (QED) is 0.355. The van der Waals surface area contributed by atoms with Gasteiger partial charge in [-0.2, -0.15) is 13.2 Å². The van der Waals surface area contributed by atoms with Crippen LogP contribution in [0.1, 0.15) is 30.5 Å². The number of amides is 2. The van der Waals surface area contributed by atoms with Crippen molar-refractivity contribution in [3.8, 4) is 5.75 Å². The SMILES string of the molecule is Cc1cc(COc2ccc(N(C(=O)C(F)(F)F)C3(CC(=O)NO)CCOCC3)cc2)c2ccccc2n1. The first kappa shape index (κ1) is 26.4. The maximum atomic E-state index is 13.7. The Labute approximate surface area is 211 Å². The van der Waals surface area contributed by atoms with E-state index >= 15 is 0 Å². The summed E-state index contributed by atoms with van der Waals surface area (Å²) in [6, 6.07) is 15.2. The fourth-order valence-corrected chi connectivity index (χ4v) is 4.67. The normalized spacial score (nSPS) is 15.3. The fraction of sp³-hybridized carbons (Fsp3) is 0.346. The van der Waals surface area contributed by atoms with Crippen molar-refractivity contribution in [2.45, 2.75) is 44.5 Å². The lowest BCUT2D eigenvalue weighted by atomic mass is 9.83. The van der Waals surface area contributed by atoms with Crippen LogP contribution in [0, 0.1) is 6.92 Å². The molecule has 11 heteroatoms. The molecule has 0 atom stereocenters. The Morgan fingerprint density at radius 3 is 2.46 bits per heavy atom. The number of aryl methyl sites for hydroxylation is 1. The van der Waals surface area contributed by atoms with E-state index in [4.69, 9.17) is 14.7 Å². The monoisotopic (exact) mass is 517 g/mol. The number of anilines is 1. The van der Waals surface area contributed by atoms with Crippen LogP contribution in [0.3, 0.4) is 0 Å². The van der Waals surface area contributed by atoms with Crippen LogP contribution >= 0.6 is 0 Å². The zero-order valence-electron chi connectivity index (χ0n) is 20.0. The minimum absolute atomic E-state index is 0.0189. The van der Waals surface area contributed by atoms with Crippen LogP contribution in [0.5, 0.6) is 5.75 Å². The number of rotatable bonds is 7. The van der Waals surface area contributed by atoms with Crippen molar-refractivity contribution in [2.24, 2.45) is 0 Å². The van der Waals surface area contributed by atoms with Gasteiger partial charge in [0, 0.05) is 35.5 Å². The molecule has 37 heavy (non-hydrogen) atoms. The molecule has 1 fully saturated rings. The second-order valence-electron chi connectivity index (χ2n) is 8.91. The summed E-state index contributed by atoms with van der Waals surface area (Å²) in [7, 11) is 0. The van der Waals surface area contributed by atoms with E-state index in [2.05, 4.69) is 4.98 Å². The molecule has 2 aromatic carbocycles. The molecule has 1 aromatic heterocycles. The summed E-state index contributed by atoms with van der Waals surface area (Å²) in [6.07, 6.45) is -5.75. The van der Waals surface area contributed by atoms with Crippen molar-refractivity contribution in [1.82, 2.24) is 10.5 Å². The molecular weight excluding hydrogens is 491 g/mol. The van der Waals surface area contributed by atoms with E-state index in [9.17, 15) is 22.8 Å². The summed E-state index contributed by atoms with van der Waals surface area (Å²) in [6.45, 7) is 2.19. The van der Waals surface area contributed by atoms with Gasteiger partial charge < -0.3 is 9.47 Å². The van der Waals surface area contributed by atoms with E-state index in [1.54, 1.807) is 0 Å². The van der Waals surface area contributed by atoms with Crippen molar-refractivity contribution >= 4 is 28.4 Å². The molecule has 3 aromatic rings. The molecule has 4 rings (SSSR count). The number of nitrogens with one attached hydrogen (secondary N) is 1. The highest BCUT2D eigenvalue weighted by molar-refractivity contribution is 5.99. The van der Waals surface area contributed by atoms with Gasteiger partial charge in [-0.3, -0.25) is 24.7 Å². The number of benzene rings is 2. The Hall–Kier alpha value is -3.70. The van der Waals surface area contributed by atoms with Crippen molar-refractivity contribution in [2.75, 3.05) is 18.1 Å². The number of ether oxygens (including phenoxy) is 2. The van der Waals surface area contributed by atoms with Gasteiger partial charge in [0.15, 0.2) is 0 Å². The summed E-state index contributed by atoms with van der Waals surface area (Å²) >= 11 is 0. The average Bonchev–Trinajstić information content (AvgIpc) is 2.88. The maximum absolute atomic E-state index is 13.7. The highest BCUT2D eigenvalue weighted by Crippen LogP contribution is 2.39. The van der Waals surface area contributed by atoms with E-state index in [0.717, 1.165) is 22.2 Å². The van der Waals surface area contributed by atoms with Crippen molar-refractivity contribution in [1.29, 1.82) is 0 Å². The molecule has 1 saturated heterocycles. The average molecular weight is 518 g/mol. The number of carbonyl (C=O) groups is 2. The third-order valence-corrected chi connectivity index (χ3v) is 6.38. The number of carbonyl (C=O) groups excluding carboxylic acids is 2. The molecular formula is C26H26F3N3O5. The fourth-order valence-electron chi connectivity index (χ4n) is 4.67. The van der Waals surface area contributed by atoms with Gasteiger partial charge in [-0.15, -0.1) is 0 Å². The first-order valence-corrected chi connectivity index (χ1v) is 11.6. The van der Waals surface area contributed by atoms with Gasteiger partial charge in [-0.05, 0) is 56.2 Å². The number of hydrogen-bond acceptors (Lipinski definition) is 6. The van der Waals surface area contributed by atoms with E-state index in [-0.39, 0.29) is 38.3 Å². The summed E-state index contributed by atoms with van der Waals surface area (Å²) in [4.78, 5) is 29.8. The van der Waals surface area contributed by atoms with Gasteiger partial charge in [0.25, 0.3) is 0 Å². The molecule has 1 aliphatic heterocycles. The van der Waals surface area contributed by atoms with Gasteiger partial charge >= 0.3 is 12.1 Å². The number of alkyl halides is 3. The zero-order valence-corrected chi connectivity index (χ0v) is 20.0. The lowest BCUT2D eigenvalue weighted by Crippen LogP contribution is -2.60. The second kappa shape index (κ2) is 10.7. The smallest absolute Gasteiger partial charge is 0.471 e. The highest BCUT2D eigenvalue weighted by Gasteiger charge is 2.52. The molecule has 2 amide bonds. The third-order valence-electron chi connectivity index (χ3n) is 6.38. The number of pyridine rings is 1. The first-order valence-electron chi connectivity index (χ1n) is 11.6. The summed E-state index contributed by atoms with van der Waals surface area (Å²) in [5, 5.41) is 9.95. The lowest BCUT2D eigenvalue weighted by Gasteiger charge is -2.46. The summed E-state index contributed by atoms with van der Waals surface area (Å²) in [5.74, 6) is -2.62. The number of aromatic nitrogens is 1. The molecule has 1 aliphatic rings. The second-order valence-corrected chi connectivity index (χ2v) is 8.91. The minimum Gasteiger partial charge on any atom is -0.489 e. The molecule has 0 aliphatic carbocycles. The lowest BCUT2D eigenvalue weighted by molar-refractivity contribution is -0.172. The molecule has 0 bridgehead atoms. The van der Waals surface area contributed by atoms with Crippen molar-refractivity contribution in [3.63, 3.8) is 0 Å². The van der Waals surface area contributed by atoms with Gasteiger partial charge in [-0.25, -0.2) is 5.48 Å². The number of halogens is 3. The van der Waals surface area contributed by atoms with Crippen LogP contribution in [0.2, 0.25) is 0 Å².